The second kappa shape index (κ2) is 10.2. The molecule has 10 heteroatoms. The molecule has 29 heavy (non-hydrogen) atoms. The van der Waals surface area contributed by atoms with Gasteiger partial charge in [-0.25, -0.2) is 19.0 Å². The Bertz CT molecular complexity index is 980. The topological polar surface area (TPSA) is 94.0 Å². The molecular weight excluding hydrogens is 395 g/mol. The van der Waals surface area contributed by atoms with Gasteiger partial charge in [-0.2, -0.15) is 5.10 Å². The molecule has 3 rings (SSSR count). The van der Waals surface area contributed by atoms with E-state index in [1.807, 2.05) is 6.92 Å². The third kappa shape index (κ3) is 5.21. The van der Waals surface area contributed by atoms with Gasteiger partial charge in [0.05, 0.1) is 30.3 Å². The molecule has 2 N–H and O–H groups in total. The summed E-state index contributed by atoms with van der Waals surface area (Å²) < 4.78 is 20.5. The van der Waals surface area contributed by atoms with E-state index < -0.39 is 11.7 Å². The molecule has 0 aliphatic heterocycles. The lowest BCUT2D eigenvalue weighted by Crippen LogP contribution is -2.28. The number of fused-ring (bicyclic) bond motifs is 1. The molecule has 154 valence electrons. The number of nitrogens with one attached hydrogen (secondary N) is 2. The van der Waals surface area contributed by atoms with Crippen LogP contribution in [0.4, 0.5) is 10.2 Å². The van der Waals surface area contributed by atoms with Crippen LogP contribution in [0, 0.1) is 5.82 Å². The van der Waals surface area contributed by atoms with E-state index in [-0.39, 0.29) is 12.1 Å². The Labute approximate surface area is 172 Å². The van der Waals surface area contributed by atoms with Crippen LogP contribution in [0.15, 0.2) is 35.6 Å². The van der Waals surface area contributed by atoms with Crippen molar-refractivity contribution in [2.75, 3.05) is 37.9 Å². The lowest BCUT2D eigenvalue weighted by Gasteiger charge is -2.09. The highest BCUT2D eigenvalue weighted by Gasteiger charge is 2.14. The van der Waals surface area contributed by atoms with Gasteiger partial charge in [-0.05, 0) is 17.9 Å². The van der Waals surface area contributed by atoms with Crippen molar-refractivity contribution in [3.63, 3.8) is 0 Å². The fourth-order valence-electron chi connectivity index (χ4n) is 2.71. The minimum absolute atomic E-state index is 0.0198. The molecule has 0 aliphatic rings. The number of hydrogen-bond acceptors (Lipinski definition) is 7. The largest absolute Gasteiger partial charge is 0.383 e. The Kier molecular flexibility index (Phi) is 7.36. The van der Waals surface area contributed by atoms with Gasteiger partial charge < -0.3 is 15.4 Å². The molecule has 0 saturated heterocycles. The van der Waals surface area contributed by atoms with Gasteiger partial charge >= 0.3 is 0 Å². The Morgan fingerprint density at radius 2 is 2.10 bits per heavy atom. The van der Waals surface area contributed by atoms with Gasteiger partial charge in [0, 0.05) is 20.2 Å². The van der Waals surface area contributed by atoms with Crippen molar-refractivity contribution in [2.24, 2.45) is 0 Å². The Balaban J connectivity index is 1.73. The van der Waals surface area contributed by atoms with Gasteiger partial charge in [0.1, 0.15) is 11.6 Å². The average Bonchev–Trinajstić information content (AvgIpc) is 3.12. The van der Waals surface area contributed by atoms with E-state index in [0.29, 0.717) is 36.3 Å². The van der Waals surface area contributed by atoms with Crippen LogP contribution in [0.5, 0.6) is 0 Å². The molecule has 1 amide bonds. The summed E-state index contributed by atoms with van der Waals surface area (Å²) in [6, 6.07) is 5.89. The summed E-state index contributed by atoms with van der Waals surface area (Å²) in [4.78, 5) is 21.3. The monoisotopic (exact) mass is 418 g/mol. The Morgan fingerprint density at radius 1 is 1.28 bits per heavy atom. The summed E-state index contributed by atoms with van der Waals surface area (Å²) in [5.74, 6) is 0.536. The highest BCUT2D eigenvalue weighted by Crippen LogP contribution is 2.24. The van der Waals surface area contributed by atoms with Crippen LogP contribution >= 0.6 is 11.8 Å². The number of carbonyl (C=O) groups is 1. The highest BCUT2D eigenvalue weighted by molar-refractivity contribution is 7.99. The number of amides is 1. The predicted octanol–water partition coefficient (Wildman–Crippen LogP) is 2.57. The maximum atomic E-state index is 13.7. The molecule has 0 radical (unpaired) electrons. The van der Waals surface area contributed by atoms with E-state index in [2.05, 4.69) is 25.7 Å². The molecular formula is C19H23FN6O2S. The molecule has 0 spiro atoms. The van der Waals surface area contributed by atoms with Gasteiger partial charge in [-0.3, -0.25) is 4.79 Å². The summed E-state index contributed by atoms with van der Waals surface area (Å²) in [5.41, 5.74) is 0.697. The van der Waals surface area contributed by atoms with E-state index >= 15 is 0 Å². The zero-order valence-corrected chi connectivity index (χ0v) is 17.1. The number of anilines is 1. The van der Waals surface area contributed by atoms with Crippen molar-refractivity contribution < 1.29 is 13.9 Å². The quantitative estimate of drug-likeness (QED) is 0.297. The van der Waals surface area contributed by atoms with E-state index in [4.69, 9.17) is 4.74 Å². The number of aromatic nitrogens is 4. The van der Waals surface area contributed by atoms with Crippen LogP contribution < -0.4 is 10.6 Å². The first-order valence-electron chi connectivity index (χ1n) is 9.26. The zero-order chi connectivity index (χ0) is 20.6. The van der Waals surface area contributed by atoms with Crippen molar-refractivity contribution in [1.82, 2.24) is 25.1 Å². The van der Waals surface area contributed by atoms with E-state index in [9.17, 15) is 9.18 Å². The normalized spacial score (nSPS) is 11.0. The third-order valence-corrected chi connectivity index (χ3v) is 4.80. The lowest BCUT2D eigenvalue weighted by molar-refractivity contribution is 0.0948. The number of hydrogen-bond donors (Lipinski definition) is 2. The van der Waals surface area contributed by atoms with Gasteiger partial charge in [-0.15, -0.1) is 0 Å². The number of nitrogens with zero attached hydrogens (tertiary/aromatic N) is 4. The predicted molar refractivity (Wildman–Crippen MR) is 111 cm³/mol. The van der Waals surface area contributed by atoms with E-state index in [0.717, 1.165) is 11.1 Å². The molecule has 3 aromatic rings. The minimum Gasteiger partial charge on any atom is -0.383 e. The molecule has 1 aromatic carbocycles. The maximum absolute atomic E-state index is 13.7. The summed E-state index contributed by atoms with van der Waals surface area (Å²) in [5, 5.41) is 11.8. The molecule has 0 fully saturated rings. The second-order valence-electron chi connectivity index (χ2n) is 6.05. The number of halogens is 1. The molecule has 2 heterocycles. The Morgan fingerprint density at radius 3 is 2.86 bits per heavy atom. The van der Waals surface area contributed by atoms with Crippen molar-refractivity contribution in [2.45, 2.75) is 18.6 Å². The van der Waals surface area contributed by atoms with Crippen molar-refractivity contribution in [3.8, 4) is 0 Å². The first-order valence-corrected chi connectivity index (χ1v) is 10.2. The Hall–Kier alpha value is -2.72. The van der Waals surface area contributed by atoms with Crippen LogP contribution in [0.25, 0.3) is 11.0 Å². The number of benzene rings is 1. The molecule has 8 nitrogen and oxygen atoms in total. The molecule has 0 saturated carbocycles. The minimum atomic E-state index is -0.546. The maximum Gasteiger partial charge on any atom is 0.254 e. The number of carbonyl (C=O) groups excluding carboxylic acids is 1. The van der Waals surface area contributed by atoms with Crippen LogP contribution in [0.2, 0.25) is 0 Å². The van der Waals surface area contributed by atoms with Gasteiger partial charge in [0.25, 0.3) is 5.91 Å². The fraction of sp³-hybridized carbons (Fsp3) is 0.368. The summed E-state index contributed by atoms with van der Waals surface area (Å²) in [6.07, 6.45) is 1.70. The van der Waals surface area contributed by atoms with Crippen LogP contribution in [0.1, 0.15) is 17.3 Å². The van der Waals surface area contributed by atoms with Crippen molar-refractivity contribution >= 4 is 34.5 Å². The summed E-state index contributed by atoms with van der Waals surface area (Å²) in [6.45, 7) is 3.89. The van der Waals surface area contributed by atoms with Gasteiger partial charge in [0.2, 0.25) is 0 Å². The molecule has 0 bridgehead atoms. The number of rotatable bonds is 10. The smallest absolute Gasteiger partial charge is 0.254 e. The molecule has 0 aliphatic carbocycles. The number of ether oxygens (including phenoxy) is 1. The van der Waals surface area contributed by atoms with E-state index in [1.54, 1.807) is 30.1 Å². The molecule has 2 aromatic heterocycles. The van der Waals surface area contributed by atoms with Gasteiger partial charge in [-0.1, -0.05) is 30.8 Å². The lowest BCUT2D eigenvalue weighted by atomic mass is 10.2. The standard InChI is InChI=1S/C19H23FN6O2S/c1-3-29-19-24-16(21-9-11-28-2)14-12-23-26(17(14)25-19)10-8-22-18(27)13-6-4-5-7-15(13)20/h4-7,12H,3,8-11H2,1-2H3,(H,22,27)(H,21,24,25). The van der Waals surface area contributed by atoms with Crippen molar-refractivity contribution in [3.05, 3.63) is 41.8 Å². The fourth-order valence-corrected chi connectivity index (χ4v) is 3.28. The second-order valence-corrected chi connectivity index (χ2v) is 7.28. The number of methoxy groups -OCH3 is 1. The first kappa shape index (κ1) is 21.0. The van der Waals surface area contributed by atoms with Gasteiger partial charge in [0.15, 0.2) is 10.8 Å². The summed E-state index contributed by atoms with van der Waals surface area (Å²) >= 11 is 1.54. The van der Waals surface area contributed by atoms with Crippen LogP contribution in [0.3, 0.4) is 0 Å². The average molecular weight is 418 g/mol. The van der Waals surface area contributed by atoms with Crippen molar-refractivity contribution in [1.29, 1.82) is 0 Å². The molecule has 0 atom stereocenters. The molecule has 0 unspecified atom stereocenters. The number of thioether (sulfide) groups is 1. The van der Waals surface area contributed by atoms with Crippen LogP contribution in [-0.2, 0) is 11.3 Å². The van der Waals surface area contributed by atoms with Crippen LogP contribution in [-0.4, -0.2) is 58.2 Å². The summed E-state index contributed by atoms with van der Waals surface area (Å²) in [7, 11) is 1.64. The van der Waals surface area contributed by atoms with E-state index in [1.165, 1.54) is 23.9 Å². The first-order chi connectivity index (χ1) is 14.1. The third-order valence-electron chi connectivity index (χ3n) is 4.08. The highest BCUT2D eigenvalue weighted by atomic mass is 32.2. The zero-order valence-electron chi connectivity index (χ0n) is 16.3. The SMILES string of the molecule is CCSc1nc(NCCOC)c2cnn(CCNC(=O)c3ccccc3F)c2n1.